The molecule has 5 nitrogen and oxygen atoms in total. The number of likely N-dealkylation sites (N-methyl/N-ethyl adjacent to an activating group) is 1. The molecule has 148 valence electrons. The number of ether oxygens (including phenoxy) is 1. The van der Waals surface area contributed by atoms with Crippen LogP contribution in [0.1, 0.15) is 0 Å². The Balaban J connectivity index is 1.86. The Kier molecular flexibility index (Phi) is 6.35. The van der Waals surface area contributed by atoms with Gasteiger partial charge in [0, 0.05) is 23.0 Å². The van der Waals surface area contributed by atoms with E-state index in [0.717, 1.165) is 10.8 Å². The molecule has 0 saturated carbocycles. The molecule has 0 heterocycles. The van der Waals surface area contributed by atoms with E-state index in [-0.39, 0.29) is 4.90 Å². The van der Waals surface area contributed by atoms with Crippen molar-refractivity contribution >= 4 is 49.7 Å². The van der Waals surface area contributed by atoms with Crippen LogP contribution >= 0.6 is 23.2 Å². The third kappa shape index (κ3) is 4.89. The minimum Gasteiger partial charge on any atom is -0.491 e. The molecule has 0 spiro atoms. The summed E-state index contributed by atoms with van der Waals surface area (Å²) in [5.74, 6) is 0.417. The van der Waals surface area contributed by atoms with Crippen LogP contribution in [0.2, 0.25) is 10.0 Å². The number of rotatable bonds is 7. The van der Waals surface area contributed by atoms with Crippen molar-refractivity contribution in [2.45, 2.75) is 4.90 Å². The van der Waals surface area contributed by atoms with Gasteiger partial charge in [-0.1, -0.05) is 47.5 Å². The van der Waals surface area contributed by atoms with Crippen LogP contribution in [0, 0.1) is 0 Å². The van der Waals surface area contributed by atoms with Crippen LogP contribution in [-0.4, -0.2) is 40.6 Å². The highest BCUT2D eigenvalue weighted by molar-refractivity contribution is 7.92. The Hall–Kier alpha value is -1.99. The SMILES string of the molecule is CN(C)CCOc1cc(NS(=O)(=O)c2cc(Cl)c3ccccc3c2)ccc1Cl. The molecular formula is C20H20Cl2N2O3S. The molecule has 3 aromatic rings. The van der Waals surface area contributed by atoms with E-state index in [0.29, 0.717) is 34.6 Å². The van der Waals surface area contributed by atoms with Crippen molar-refractivity contribution in [2.75, 3.05) is 32.0 Å². The zero-order chi connectivity index (χ0) is 20.3. The minimum atomic E-state index is -3.83. The summed E-state index contributed by atoms with van der Waals surface area (Å²) in [6.45, 7) is 1.14. The van der Waals surface area contributed by atoms with Gasteiger partial charge in [0.05, 0.1) is 15.6 Å². The van der Waals surface area contributed by atoms with E-state index >= 15 is 0 Å². The van der Waals surface area contributed by atoms with Gasteiger partial charge in [-0.2, -0.15) is 0 Å². The summed E-state index contributed by atoms with van der Waals surface area (Å²) in [5.41, 5.74) is 0.355. The van der Waals surface area contributed by atoms with E-state index in [2.05, 4.69) is 4.72 Å². The molecule has 3 rings (SSSR count). The first-order valence-corrected chi connectivity index (χ1v) is 10.8. The summed E-state index contributed by atoms with van der Waals surface area (Å²) in [6, 6.07) is 15.1. The maximum atomic E-state index is 12.8. The summed E-state index contributed by atoms with van der Waals surface area (Å²) in [7, 11) is 0.0373. The van der Waals surface area contributed by atoms with Gasteiger partial charge < -0.3 is 9.64 Å². The smallest absolute Gasteiger partial charge is 0.261 e. The lowest BCUT2D eigenvalue weighted by Crippen LogP contribution is -2.19. The van der Waals surface area contributed by atoms with E-state index in [1.807, 2.05) is 43.3 Å². The van der Waals surface area contributed by atoms with Crippen LogP contribution in [0.25, 0.3) is 10.8 Å². The largest absolute Gasteiger partial charge is 0.491 e. The predicted octanol–water partition coefficient (Wildman–Crippen LogP) is 4.89. The minimum absolute atomic E-state index is 0.0845. The third-order valence-electron chi connectivity index (χ3n) is 4.07. The molecule has 0 aliphatic rings. The van der Waals surface area contributed by atoms with E-state index in [9.17, 15) is 8.42 Å². The summed E-state index contributed by atoms with van der Waals surface area (Å²) in [5, 5.41) is 2.34. The van der Waals surface area contributed by atoms with Gasteiger partial charge in [0.15, 0.2) is 0 Å². The highest BCUT2D eigenvalue weighted by Gasteiger charge is 2.17. The first-order chi connectivity index (χ1) is 13.3. The fourth-order valence-electron chi connectivity index (χ4n) is 2.62. The molecule has 0 amide bonds. The van der Waals surface area contributed by atoms with Gasteiger partial charge in [0.25, 0.3) is 10.0 Å². The highest BCUT2D eigenvalue weighted by atomic mass is 35.5. The van der Waals surface area contributed by atoms with Crippen LogP contribution in [-0.2, 0) is 10.0 Å². The molecule has 1 N–H and O–H groups in total. The summed E-state index contributed by atoms with van der Waals surface area (Å²) in [6.07, 6.45) is 0. The average molecular weight is 439 g/mol. The summed E-state index contributed by atoms with van der Waals surface area (Å²) in [4.78, 5) is 2.06. The Morgan fingerprint density at radius 2 is 1.75 bits per heavy atom. The molecule has 0 saturated heterocycles. The van der Waals surface area contributed by atoms with Crippen LogP contribution in [0.5, 0.6) is 5.75 Å². The molecule has 8 heteroatoms. The van der Waals surface area contributed by atoms with E-state index in [4.69, 9.17) is 27.9 Å². The lowest BCUT2D eigenvalue weighted by Gasteiger charge is -2.14. The zero-order valence-corrected chi connectivity index (χ0v) is 17.8. The van der Waals surface area contributed by atoms with Crippen LogP contribution in [0.4, 0.5) is 5.69 Å². The van der Waals surface area contributed by atoms with Gasteiger partial charge in [-0.3, -0.25) is 4.72 Å². The fourth-order valence-corrected chi connectivity index (χ4v) is 4.26. The number of anilines is 1. The van der Waals surface area contributed by atoms with Gasteiger partial charge in [-0.15, -0.1) is 0 Å². The second-order valence-corrected chi connectivity index (χ2v) is 9.03. The summed E-state index contributed by atoms with van der Waals surface area (Å²) >= 11 is 12.4. The molecule has 0 aliphatic carbocycles. The predicted molar refractivity (Wildman–Crippen MR) is 115 cm³/mol. The van der Waals surface area contributed by atoms with Crippen molar-refractivity contribution in [3.05, 3.63) is 64.6 Å². The molecule has 28 heavy (non-hydrogen) atoms. The van der Waals surface area contributed by atoms with Crippen LogP contribution in [0.3, 0.4) is 0 Å². The quantitative estimate of drug-likeness (QED) is 0.570. The molecule has 0 aromatic heterocycles. The van der Waals surface area contributed by atoms with Gasteiger partial charge in [0.1, 0.15) is 12.4 Å². The second-order valence-electron chi connectivity index (χ2n) is 6.53. The molecule has 0 radical (unpaired) electrons. The third-order valence-corrected chi connectivity index (χ3v) is 6.06. The number of nitrogens with one attached hydrogen (secondary N) is 1. The van der Waals surface area contributed by atoms with Gasteiger partial charge in [0.2, 0.25) is 0 Å². The van der Waals surface area contributed by atoms with Crippen molar-refractivity contribution in [1.29, 1.82) is 0 Å². The Labute approximate surface area is 174 Å². The van der Waals surface area contributed by atoms with Crippen molar-refractivity contribution in [1.82, 2.24) is 4.90 Å². The number of benzene rings is 3. The number of hydrogen-bond donors (Lipinski definition) is 1. The lowest BCUT2D eigenvalue weighted by molar-refractivity contribution is 0.261. The van der Waals surface area contributed by atoms with Crippen molar-refractivity contribution < 1.29 is 13.2 Å². The lowest BCUT2D eigenvalue weighted by atomic mass is 10.1. The number of fused-ring (bicyclic) bond motifs is 1. The van der Waals surface area contributed by atoms with Crippen LogP contribution in [0.15, 0.2) is 59.5 Å². The average Bonchev–Trinajstić information content (AvgIpc) is 2.64. The standard InChI is InChI=1S/C20H20Cl2N2O3S/c1-24(2)9-10-27-20-12-15(7-8-18(20)21)23-28(25,26)16-11-14-5-3-4-6-17(14)19(22)13-16/h3-8,11-13,23H,9-10H2,1-2H3. The maximum absolute atomic E-state index is 12.8. The first-order valence-electron chi connectivity index (χ1n) is 8.54. The Morgan fingerprint density at radius 3 is 2.50 bits per heavy atom. The number of halogens is 2. The fraction of sp³-hybridized carbons (Fsp3) is 0.200. The van der Waals surface area contributed by atoms with Crippen molar-refractivity contribution in [3.8, 4) is 5.75 Å². The van der Waals surface area contributed by atoms with E-state index in [1.54, 1.807) is 24.3 Å². The Bertz CT molecular complexity index is 1100. The second kappa shape index (κ2) is 8.57. The molecular weight excluding hydrogens is 419 g/mol. The molecule has 0 fully saturated rings. The molecule has 0 aliphatic heterocycles. The molecule has 0 atom stereocenters. The molecule has 0 unspecified atom stereocenters. The first kappa shape index (κ1) is 20.7. The monoisotopic (exact) mass is 438 g/mol. The molecule has 3 aromatic carbocycles. The number of nitrogens with zero attached hydrogens (tertiary/aromatic N) is 1. The maximum Gasteiger partial charge on any atom is 0.261 e. The van der Waals surface area contributed by atoms with Gasteiger partial charge >= 0.3 is 0 Å². The summed E-state index contributed by atoms with van der Waals surface area (Å²) < 4.78 is 33.9. The van der Waals surface area contributed by atoms with E-state index < -0.39 is 10.0 Å². The number of sulfonamides is 1. The Morgan fingerprint density at radius 1 is 1.00 bits per heavy atom. The van der Waals surface area contributed by atoms with Crippen LogP contribution < -0.4 is 9.46 Å². The number of hydrogen-bond acceptors (Lipinski definition) is 4. The zero-order valence-electron chi connectivity index (χ0n) is 15.4. The van der Waals surface area contributed by atoms with Gasteiger partial charge in [-0.05, 0) is 43.7 Å². The molecule has 0 bridgehead atoms. The topological polar surface area (TPSA) is 58.6 Å². The normalized spacial score (nSPS) is 11.8. The highest BCUT2D eigenvalue weighted by Crippen LogP contribution is 2.31. The van der Waals surface area contributed by atoms with Gasteiger partial charge in [-0.25, -0.2) is 8.42 Å². The van der Waals surface area contributed by atoms with E-state index in [1.165, 1.54) is 6.07 Å². The van der Waals surface area contributed by atoms with Crippen molar-refractivity contribution in [3.63, 3.8) is 0 Å². The van der Waals surface area contributed by atoms with Crippen molar-refractivity contribution in [2.24, 2.45) is 0 Å².